The van der Waals surface area contributed by atoms with Crippen molar-refractivity contribution in [2.24, 2.45) is 0 Å². The van der Waals surface area contributed by atoms with Crippen LogP contribution < -0.4 is 19.7 Å². The maximum Gasteiger partial charge on any atom is 0.270 e. The molecule has 2 amide bonds. The highest BCUT2D eigenvalue weighted by atomic mass is 32.2. The number of carbonyl (C=O) groups is 2. The van der Waals surface area contributed by atoms with Crippen molar-refractivity contribution in [1.29, 1.82) is 0 Å². The number of rotatable bonds is 10. The predicted molar refractivity (Wildman–Crippen MR) is 154 cm³/mol. The van der Waals surface area contributed by atoms with Gasteiger partial charge in [-0.2, -0.15) is 0 Å². The number of halogens is 1. The number of nitrogens with one attached hydrogen (secondary N) is 1. The second-order valence-corrected chi connectivity index (χ2v) is 10.1. The Hall–Kier alpha value is -3.69. The molecular formula is C29H27FN2O4S2. The van der Waals surface area contributed by atoms with Gasteiger partial charge in [0.25, 0.3) is 11.8 Å². The lowest BCUT2D eigenvalue weighted by Crippen LogP contribution is -2.27. The van der Waals surface area contributed by atoms with Crippen molar-refractivity contribution in [2.75, 3.05) is 23.9 Å². The Morgan fingerprint density at radius 2 is 1.87 bits per heavy atom. The van der Waals surface area contributed by atoms with Gasteiger partial charge in [-0.25, -0.2) is 4.39 Å². The lowest BCUT2D eigenvalue weighted by atomic mass is 10.1. The van der Waals surface area contributed by atoms with E-state index in [0.717, 1.165) is 19.3 Å². The van der Waals surface area contributed by atoms with Gasteiger partial charge in [0.15, 0.2) is 15.8 Å². The molecule has 0 aliphatic carbocycles. The van der Waals surface area contributed by atoms with Crippen LogP contribution in [0.15, 0.2) is 71.6 Å². The summed E-state index contributed by atoms with van der Waals surface area (Å²) in [5.41, 5.74) is 1.99. The fourth-order valence-electron chi connectivity index (χ4n) is 3.84. The third-order valence-electron chi connectivity index (χ3n) is 5.77. The molecule has 3 aromatic rings. The number of para-hydroxylation sites is 1. The first-order valence-electron chi connectivity index (χ1n) is 12.2. The van der Waals surface area contributed by atoms with Crippen molar-refractivity contribution in [3.63, 3.8) is 0 Å². The third kappa shape index (κ3) is 6.41. The van der Waals surface area contributed by atoms with E-state index < -0.39 is 5.82 Å². The molecule has 0 aromatic heterocycles. The van der Waals surface area contributed by atoms with E-state index in [9.17, 15) is 14.0 Å². The molecule has 1 N–H and O–H groups in total. The minimum atomic E-state index is -0.392. The first-order valence-corrected chi connectivity index (χ1v) is 13.4. The molecule has 9 heteroatoms. The second kappa shape index (κ2) is 12.7. The van der Waals surface area contributed by atoms with Gasteiger partial charge in [-0.1, -0.05) is 61.9 Å². The van der Waals surface area contributed by atoms with Gasteiger partial charge < -0.3 is 14.8 Å². The van der Waals surface area contributed by atoms with E-state index in [1.165, 1.54) is 40.9 Å². The van der Waals surface area contributed by atoms with E-state index in [4.69, 9.17) is 21.7 Å². The van der Waals surface area contributed by atoms with Gasteiger partial charge in [0.1, 0.15) is 5.82 Å². The number of thiocarbonyl (C=S) groups is 1. The number of hydrogen-bond acceptors (Lipinski definition) is 6. The number of hydrogen-bond donors (Lipinski definition) is 1. The number of unbranched alkanes of at least 4 members (excludes halogenated alkanes) is 2. The van der Waals surface area contributed by atoms with Crippen molar-refractivity contribution in [3.8, 4) is 11.5 Å². The number of thioether (sulfide) groups is 1. The Balaban J connectivity index is 1.56. The highest BCUT2D eigenvalue weighted by molar-refractivity contribution is 8.27. The van der Waals surface area contributed by atoms with Gasteiger partial charge in [0.05, 0.1) is 24.3 Å². The van der Waals surface area contributed by atoms with Crippen molar-refractivity contribution < 1.29 is 23.5 Å². The molecule has 1 fully saturated rings. The number of anilines is 2. The molecule has 1 heterocycles. The van der Waals surface area contributed by atoms with Gasteiger partial charge in [0.2, 0.25) is 0 Å². The zero-order valence-corrected chi connectivity index (χ0v) is 22.7. The molecular weight excluding hydrogens is 523 g/mol. The summed E-state index contributed by atoms with van der Waals surface area (Å²) in [6.07, 6.45) is 4.81. The molecule has 0 bridgehead atoms. The monoisotopic (exact) mass is 550 g/mol. The van der Waals surface area contributed by atoms with Crippen LogP contribution in [0.5, 0.6) is 11.5 Å². The standard InChI is InChI=1S/C29H27FN2O4S2/c1-3-4-5-16-36-26-19(8-7-11-24(26)35-2)18-25-28(34)32(29(37)38-25)23-10-6-9-20(17-23)27(33)31-22-14-12-21(30)13-15-22/h6-15,17-18H,3-5,16H2,1-2H3,(H,31,33)/b25-18+. The third-order valence-corrected chi connectivity index (χ3v) is 7.07. The molecule has 0 unspecified atom stereocenters. The van der Waals surface area contributed by atoms with Crippen LogP contribution in [-0.4, -0.2) is 29.9 Å². The van der Waals surface area contributed by atoms with Crippen LogP contribution >= 0.6 is 24.0 Å². The molecule has 1 saturated heterocycles. The predicted octanol–water partition coefficient (Wildman–Crippen LogP) is 7.06. The summed E-state index contributed by atoms with van der Waals surface area (Å²) in [6.45, 7) is 2.67. The molecule has 38 heavy (non-hydrogen) atoms. The zero-order chi connectivity index (χ0) is 27.1. The summed E-state index contributed by atoms with van der Waals surface area (Å²) >= 11 is 6.71. The van der Waals surface area contributed by atoms with E-state index >= 15 is 0 Å². The first-order chi connectivity index (χ1) is 18.4. The van der Waals surface area contributed by atoms with Gasteiger partial charge in [0, 0.05) is 16.8 Å². The quantitative estimate of drug-likeness (QED) is 0.166. The average molecular weight is 551 g/mol. The number of methoxy groups -OCH3 is 1. The normalized spacial score (nSPS) is 14.2. The smallest absolute Gasteiger partial charge is 0.270 e. The molecule has 196 valence electrons. The fraction of sp³-hybridized carbons (Fsp3) is 0.207. The molecule has 0 saturated carbocycles. The van der Waals surface area contributed by atoms with Gasteiger partial charge in [-0.15, -0.1) is 0 Å². The minimum Gasteiger partial charge on any atom is -0.493 e. The van der Waals surface area contributed by atoms with E-state index in [-0.39, 0.29) is 11.8 Å². The topological polar surface area (TPSA) is 67.9 Å². The van der Waals surface area contributed by atoms with Crippen molar-refractivity contribution >= 4 is 57.6 Å². The Morgan fingerprint density at radius 3 is 2.61 bits per heavy atom. The Kier molecular flexibility index (Phi) is 9.15. The summed E-state index contributed by atoms with van der Waals surface area (Å²) in [6, 6.07) is 17.6. The fourth-order valence-corrected chi connectivity index (χ4v) is 5.13. The van der Waals surface area contributed by atoms with Gasteiger partial charge in [-0.3, -0.25) is 14.5 Å². The van der Waals surface area contributed by atoms with Crippen LogP contribution in [0.4, 0.5) is 15.8 Å². The van der Waals surface area contributed by atoms with E-state index in [2.05, 4.69) is 12.2 Å². The van der Waals surface area contributed by atoms with E-state index in [1.807, 2.05) is 18.2 Å². The highest BCUT2D eigenvalue weighted by Gasteiger charge is 2.34. The Bertz CT molecular complexity index is 1380. The summed E-state index contributed by atoms with van der Waals surface area (Å²) in [4.78, 5) is 28.0. The number of benzene rings is 3. The molecule has 4 rings (SSSR count). The van der Waals surface area contributed by atoms with Crippen LogP contribution in [0.25, 0.3) is 6.08 Å². The largest absolute Gasteiger partial charge is 0.493 e. The molecule has 3 aromatic carbocycles. The Labute approximate surface area is 230 Å². The summed E-state index contributed by atoms with van der Waals surface area (Å²) < 4.78 is 25.1. The molecule has 1 aliphatic rings. The lowest BCUT2D eigenvalue weighted by Gasteiger charge is -2.16. The molecule has 6 nitrogen and oxygen atoms in total. The highest BCUT2D eigenvalue weighted by Crippen LogP contribution is 2.39. The maximum atomic E-state index is 13.4. The molecule has 0 spiro atoms. The van der Waals surface area contributed by atoms with E-state index in [1.54, 1.807) is 37.5 Å². The minimum absolute atomic E-state index is 0.296. The van der Waals surface area contributed by atoms with Crippen molar-refractivity contribution in [1.82, 2.24) is 0 Å². The Morgan fingerprint density at radius 1 is 1.11 bits per heavy atom. The first kappa shape index (κ1) is 27.3. The maximum absolute atomic E-state index is 13.4. The van der Waals surface area contributed by atoms with Gasteiger partial charge >= 0.3 is 0 Å². The van der Waals surface area contributed by atoms with E-state index in [0.29, 0.717) is 49.8 Å². The van der Waals surface area contributed by atoms with Gasteiger partial charge in [-0.05, 0) is 61.0 Å². The van der Waals surface area contributed by atoms with Crippen LogP contribution in [0.2, 0.25) is 0 Å². The second-order valence-electron chi connectivity index (χ2n) is 8.46. The number of ether oxygens (including phenoxy) is 2. The number of carbonyl (C=O) groups excluding carboxylic acids is 2. The van der Waals surface area contributed by atoms with Crippen LogP contribution in [0.1, 0.15) is 42.1 Å². The molecule has 0 radical (unpaired) electrons. The molecule has 0 atom stereocenters. The van der Waals surface area contributed by atoms with Crippen molar-refractivity contribution in [3.05, 3.63) is 88.6 Å². The van der Waals surface area contributed by atoms with Crippen LogP contribution in [-0.2, 0) is 4.79 Å². The summed E-state index contributed by atoms with van der Waals surface area (Å²) in [5.74, 6) is 0.0921. The van der Waals surface area contributed by atoms with Crippen LogP contribution in [0.3, 0.4) is 0 Å². The summed E-state index contributed by atoms with van der Waals surface area (Å²) in [7, 11) is 1.58. The zero-order valence-electron chi connectivity index (χ0n) is 21.0. The molecule has 1 aliphatic heterocycles. The SMILES string of the molecule is CCCCCOc1c(/C=C2/SC(=S)N(c3cccc(C(=O)Nc4ccc(F)cc4)c3)C2=O)cccc1OC. The average Bonchev–Trinajstić information content (AvgIpc) is 3.20. The van der Waals surface area contributed by atoms with Crippen molar-refractivity contribution in [2.45, 2.75) is 26.2 Å². The lowest BCUT2D eigenvalue weighted by molar-refractivity contribution is -0.113. The van der Waals surface area contributed by atoms with Crippen LogP contribution in [0, 0.1) is 5.82 Å². The summed E-state index contributed by atoms with van der Waals surface area (Å²) in [5, 5.41) is 2.72. The number of nitrogens with zero attached hydrogens (tertiary/aromatic N) is 1. The number of amides is 2.